The molecule has 5 rings (SSSR count). The van der Waals surface area contributed by atoms with Crippen LogP contribution in [-0.4, -0.2) is 17.7 Å². The number of hydrogen-bond acceptors (Lipinski definition) is 5. The first kappa shape index (κ1) is 16.3. The molecule has 7 heteroatoms. The fraction of sp³-hybridized carbons (Fsp3) is 0.200. The van der Waals surface area contributed by atoms with Crippen molar-refractivity contribution in [2.24, 2.45) is 0 Å². The van der Waals surface area contributed by atoms with Gasteiger partial charge in [0.2, 0.25) is 12.7 Å². The summed E-state index contributed by atoms with van der Waals surface area (Å²) in [5.41, 5.74) is 1.93. The van der Waals surface area contributed by atoms with Gasteiger partial charge in [0.15, 0.2) is 16.6 Å². The Morgan fingerprint density at radius 3 is 2.67 bits per heavy atom. The molecule has 0 bridgehead atoms. The van der Waals surface area contributed by atoms with Gasteiger partial charge in [0.25, 0.3) is 0 Å². The van der Waals surface area contributed by atoms with E-state index < -0.39 is 5.41 Å². The number of carbonyl (C=O) groups is 1. The summed E-state index contributed by atoms with van der Waals surface area (Å²) in [5, 5.41) is 5.36. The number of halogens is 1. The fourth-order valence-electron chi connectivity index (χ4n) is 3.28. The molecule has 27 heavy (non-hydrogen) atoms. The van der Waals surface area contributed by atoms with Gasteiger partial charge in [-0.3, -0.25) is 4.79 Å². The van der Waals surface area contributed by atoms with Crippen LogP contribution in [0.2, 0.25) is 0 Å². The number of nitrogens with zero attached hydrogens (tertiary/aromatic N) is 1. The molecule has 1 aliphatic heterocycles. The molecule has 1 N–H and O–H groups in total. The van der Waals surface area contributed by atoms with Gasteiger partial charge in [-0.2, -0.15) is 0 Å². The SMILES string of the molecule is O=C(Nc1nc(-c2ccc3c(c2)OCO3)cs1)C1(c2ccc(F)cc2)CC1. The zero-order chi connectivity index (χ0) is 18.4. The van der Waals surface area contributed by atoms with Crippen molar-refractivity contribution < 1.29 is 18.7 Å². The van der Waals surface area contributed by atoms with Gasteiger partial charge in [0, 0.05) is 10.9 Å². The number of hydrogen-bond donors (Lipinski definition) is 1. The summed E-state index contributed by atoms with van der Waals surface area (Å²) in [4.78, 5) is 17.3. The molecular formula is C20H15FN2O3S. The Balaban J connectivity index is 1.35. The molecule has 5 nitrogen and oxygen atoms in total. The highest BCUT2D eigenvalue weighted by atomic mass is 32.1. The van der Waals surface area contributed by atoms with Crippen molar-refractivity contribution in [3.05, 3.63) is 59.2 Å². The number of amides is 1. The van der Waals surface area contributed by atoms with Gasteiger partial charge in [0.05, 0.1) is 11.1 Å². The van der Waals surface area contributed by atoms with Crippen LogP contribution in [0.15, 0.2) is 47.8 Å². The van der Waals surface area contributed by atoms with Crippen molar-refractivity contribution in [1.82, 2.24) is 4.98 Å². The van der Waals surface area contributed by atoms with E-state index in [1.165, 1.54) is 23.5 Å². The predicted molar refractivity (Wildman–Crippen MR) is 99.6 cm³/mol. The lowest BCUT2D eigenvalue weighted by atomic mass is 9.95. The van der Waals surface area contributed by atoms with Gasteiger partial charge in [-0.15, -0.1) is 11.3 Å². The Kier molecular flexibility index (Phi) is 3.65. The van der Waals surface area contributed by atoms with Crippen LogP contribution in [0.1, 0.15) is 18.4 Å². The minimum absolute atomic E-state index is 0.0966. The fourth-order valence-corrected chi connectivity index (χ4v) is 3.99. The second-order valence-corrected chi connectivity index (χ2v) is 7.51. The molecule has 0 spiro atoms. The van der Waals surface area contributed by atoms with E-state index in [2.05, 4.69) is 10.3 Å². The lowest BCUT2D eigenvalue weighted by Crippen LogP contribution is -2.27. The molecule has 3 aromatic rings. The Morgan fingerprint density at radius 2 is 1.89 bits per heavy atom. The Labute approximate surface area is 158 Å². The first-order chi connectivity index (χ1) is 13.1. The second-order valence-electron chi connectivity index (χ2n) is 6.65. The van der Waals surface area contributed by atoms with Gasteiger partial charge in [-0.25, -0.2) is 9.37 Å². The molecular weight excluding hydrogens is 367 g/mol. The number of anilines is 1. The summed E-state index contributed by atoms with van der Waals surface area (Å²) in [6.45, 7) is 0.225. The van der Waals surface area contributed by atoms with E-state index >= 15 is 0 Å². The molecule has 1 fully saturated rings. The summed E-state index contributed by atoms with van der Waals surface area (Å²) in [7, 11) is 0. The summed E-state index contributed by atoms with van der Waals surface area (Å²) in [5.74, 6) is 1.01. The molecule has 0 saturated heterocycles. The van der Waals surface area contributed by atoms with E-state index in [0.717, 1.165) is 35.4 Å². The zero-order valence-electron chi connectivity index (χ0n) is 14.2. The minimum atomic E-state index is -0.571. The molecule has 1 aliphatic carbocycles. The van der Waals surface area contributed by atoms with Crippen molar-refractivity contribution in [2.45, 2.75) is 18.3 Å². The minimum Gasteiger partial charge on any atom is -0.454 e. The maximum Gasteiger partial charge on any atom is 0.236 e. The van der Waals surface area contributed by atoms with Crippen LogP contribution in [0.3, 0.4) is 0 Å². The smallest absolute Gasteiger partial charge is 0.236 e. The predicted octanol–water partition coefficient (Wildman–Crippen LogP) is 4.35. The highest BCUT2D eigenvalue weighted by Crippen LogP contribution is 2.49. The third kappa shape index (κ3) is 2.84. The molecule has 1 aromatic heterocycles. The van der Waals surface area contributed by atoms with E-state index in [1.54, 1.807) is 12.1 Å². The molecule has 2 aliphatic rings. The molecule has 1 saturated carbocycles. The number of benzene rings is 2. The Morgan fingerprint density at radius 1 is 1.11 bits per heavy atom. The van der Waals surface area contributed by atoms with Gasteiger partial charge < -0.3 is 14.8 Å². The molecule has 1 amide bonds. The molecule has 0 unspecified atom stereocenters. The molecule has 0 radical (unpaired) electrons. The van der Waals surface area contributed by atoms with Gasteiger partial charge in [-0.1, -0.05) is 12.1 Å². The van der Waals surface area contributed by atoms with Crippen molar-refractivity contribution >= 4 is 22.4 Å². The van der Waals surface area contributed by atoms with Crippen LogP contribution >= 0.6 is 11.3 Å². The molecule has 0 atom stereocenters. The molecule has 136 valence electrons. The van der Waals surface area contributed by atoms with E-state index in [4.69, 9.17) is 9.47 Å². The van der Waals surface area contributed by atoms with Crippen LogP contribution in [0.4, 0.5) is 9.52 Å². The number of nitrogens with one attached hydrogen (secondary N) is 1. The van der Waals surface area contributed by atoms with Crippen LogP contribution in [0.25, 0.3) is 11.3 Å². The third-order valence-corrected chi connectivity index (χ3v) is 5.73. The van der Waals surface area contributed by atoms with Crippen molar-refractivity contribution in [3.8, 4) is 22.8 Å². The number of ether oxygens (including phenoxy) is 2. The van der Waals surface area contributed by atoms with E-state index in [1.807, 2.05) is 23.6 Å². The van der Waals surface area contributed by atoms with Gasteiger partial charge in [-0.05, 0) is 48.7 Å². The normalized spacial score (nSPS) is 16.2. The summed E-state index contributed by atoms with van der Waals surface area (Å²) in [6, 6.07) is 11.8. The second kappa shape index (κ2) is 6.06. The zero-order valence-corrected chi connectivity index (χ0v) is 15.0. The number of thiazole rings is 1. The number of aromatic nitrogens is 1. The average molecular weight is 382 g/mol. The largest absolute Gasteiger partial charge is 0.454 e. The van der Waals surface area contributed by atoms with Crippen molar-refractivity contribution in [1.29, 1.82) is 0 Å². The first-order valence-electron chi connectivity index (χ1n) is 8.57. The maximum absolute atomic E-state index is 13.2. The first-order valence-corrected chi connectivity index (χ1v) is 9.45. The molecule has 2 aromatic carbocycles. The van der Waals surface area contributed by atoms with Crippen LogP contribution < -0.4 is 14.8 Å². The highest BCUT2D eigenvalue weighted by molar-refractivity contribution is 7.14. The van der Waals surface area contributed by atoms with Crippen LogP contribution in [0.5, 0.6) is 11.5 Å². The summed E-state index contributed by atoms with van der Waals surface area (Å²) < 4.78 is 23.9. The standard InChI is InChI=1S/C20H15FN2O3S/c21-14-4-2-13(3-5-14)20(7-8-20)18(24)23-19-22-15(10-27-19)12-1-6-16-17(9-12)26-11-25-16/h1-6,9-10H,7-8,11H2,(H,22,23,24). The topological polar surface area (TPSA) is 60.5 Å². The van der Waals surface area contributed by atoms with Crippen molar-refractivity contribution in [2.75, 3.05) is 12.1 Å². The number of fused-ring (bicyclic) bond motifs is 1. The highest BCUT2D eigenvalue weighted by Gasteiger charge is 2.51. The number of carbonyl (C=O) groups excluding carboxylic acids is 1. The molecule has 2 heterocycles. The quantitative estimate of drug-likeness (QED) is 0.729. The number of rotatable bonds is 4. The van der Waals surface area contributed by atoms with Crippen LogP contribution in [0, 0.1) is 5.82 Å². The summed E-state index contributed by atoms with van der Waals surface area (Å²) >= 11 is 1.37. The Bertz CT molecular complexity index is 1030. The monoisotopic (exact) mass is 382 g/mol. The lowest BCUT2D eigenvalue weighted by Gasteiger charge is -2.14. The van der Waals surface area contributed by atoms with Crippen LogP contribution in [-0.2, 0) is 10.2 Å². The summed E-state index contributed by atoms with van der Waals surface area (Å²) in [6.07, 6.45) is 1.51. The van der Waals surface area contributed by atoms with E-state index in [9.17, 15) is 9.18 Å². The van der Waals surface area contributed by atoms with Gasteiger partial charge >= 0.3 is 0 Å². The lowest BCUT2D eigenvalue weighted by molar-refractivity contribution is -0.118. The average Bonchev–Trinajstić information content (AvgIpc) is 3.13. The van der Waals surface area contributed by atoms with E-state index in [-0.39, 0.29) is 18.5 Å². The third-order valence-electron chi connectivity index (χ3n) is 4.97. The Hall–Kier alpha value is -2.93. The maximum atomic E-state index is 13.2. The van der Waals surface area contributed by atoms with Crippen molar-refractivity contribution in [3.63, 3.8) is 0 Å². The van der Waals surface area contributed by atoms with Gasteiger partial charge in [0.1, 0.15) is 5.82 Å². The van der Waals surface area contributed by atoms with E-state index in [0.29, 0.717) is 10.9 Å².